The summed E-state index contributed by atoms with van der Waals surface area (Å²) in [4.78, 5) is 39.0. The van der Waals surface area contributed by atoms with E-state index in [2.05, 4.69) is 5.32 Å². The molecule has 1 saturated heterocycles. The number of carbonyl (C=O) groups excluding carboxylic acids is 2. The number of hydrogen-bond donors (Lipinski definition) is 1. The molecule has 0 unspecified atom stereocenters. The molecule has 10 heteroatoms. The van der Waals surface area contributed by atoms with Crippen molar-refractivity contribution in [3.05, 3.63) is 68.2 Å². The molecule has 1 heterocycles. The third-order valence-corrected chi connectivity index (χ3v) is 5.13. The van der Waals surface area contributed by atoms with E-state index in [0.717, 1.165) is 0 Å². The molecule has 0 radical (unpaired) electrons. The van der Waals surface area contributed by atoms with E-state index in [0.29, 0.717) is 36.8 Å². The second-order valence-electron chi connectivity index (χ2n) is 6.51. The quantitative estimate of drug-likeness (QED) is 0.572. The lowest BCUT2D eigenvalue weighted by atomic mass is 10.2. The zero-order valence-electron chi connectivity index (χ0n) is 15.3. The fourth-order valence-electron chi connectivity index (χ4n) is 3.07. The van der Waals surface area contributed by atoms with Gasteiger partial charge in [0.2, 0.25) is 5.91 Å². The maximum Gasteiger partial charge on any atom is 0.292 e. The molecule has 0 aliphatic carbocycles. The van der Waals surface area contributed by atoms with E-state index in [4.69, 9.17) is 23.2 Å². The van der Waals surface area contributed by atoms with E-state index in [1.807, 2.05) is 4.90 Å². The first-order valence-electron chi connectivity index (χ1n) is 8.85. The largest absolute Gasteiger partial charge is 0.336 e. The molecule has 1 aliphatic heterocycles. The van der Waals surface area contributed by atoms with E-state index in [1.54, 1.807) is 29.2 Å². The Morgan fingerprint density at radius 3 is 2.41 bits per heavy atom. The predicted molar refractivity (Wildman–Crippen MR) is 111 cm³/mol. The van der Waals surface area contributed by atoms with Crippen molar-refractivity contribution in [2.75, 3.05) is 38.0 Å². The highest BCUT2D eigenvalue weighted by Gasteiger charge is 2.25. The van der Waals surface area contributed by atoms with Gasteiger partial charge in [-0.05, 0) is 24.3 Å². The molecular formula is C19H18Cl2N4O4. The average Bonchev–Trinajstić information content (AvgIpc) is 2.68. The summed E-state index contributed by atoms with van der Waals surface area (Å²) in [6.45, 7) is 1.96. The van der Waals surface area contributed by atoms with Crippen LogP contribution in [0.1, 0.15) is 10.4 Å². The van der Waals surface area contributed by atoms with Gasteiger partial charge in [-0.15, -0.1) is 0 Å². The highest BCUT2D eigenvalue weighted by atomic mass is 35.5. The van der Waals surface area contributed by atoms with E-state index < -0.39 is 4.92 Å². The Labute approximate surface area is 177 Å². The second kappa shape index (κ2) is 9.21. The highest BCUT2D eigenvalue weighted by Crippen LogP contribution is 2.27. The summed E-state index contributed by atoms with van der Waals surface area (Å²) in [6, 6.07) is 10.9. The van der Waals surface area contributed by atoms with Crippen LogP contribution in [-0.4, -0.2) is 59.3 Å². The van der Waals surface area contributed by atoms with Crippen molar-refractivity contribution in [1.29, 1.82) is 0 Å². The third-order valence-electron chi connectivity index (χ3n) is 4.56. The summed E-state index contributed by atoms with van der Waals surface area (Å²) < 4.78 is 0. The minimum absolute atomic E-state index is 0.0534. The number of nitrogens with zero attached hydrogens (tertiary/aromatic N) is 3. The average molecular weight is 437 g/mol. The number of piperazine rings is 1. The smallest absolute Gasteiger partial charge is 0.292 e. The molecule has 1 N–H and O–H groups in total. The zero-order chi connectivity index (χ0) is 21.0. The van der Waals surface area contributed by atoms with Crippen LogP contribution in [0.3, 0.4) is 0 Å². The summed E-state index contributed by atoms with van der Waals surface area (Å²) >= 11 is 12.0. The Morgan fingerprint density at radius 1 is 1.07 bits per heavy atom. The molecular weight excluding hydrogens is 419 g/mol. The fraction of sp³-hybridized carbons (Fsp3) is 0.263. The molecule has 2 aromatic carbocycles. The van der Waals surface area contributed by atoms with Crippen molar-refractivity contribution in [2.45, 2.75) is 0 Å². The Morgan fingerprint density at radius 2 is 1.76 bits per heavy atom. The molecule has 152 valence electrons. The summed E-state index contributed by atoms with van der Waals surface area (Å²) in [7, 11) is 0. The number of benzene rings is 2. The SMILES string of the molecule is O=C(CN1CCN(C(=O)c2ccccc2Cl)CC1)Nc1cc(Cl)ccc1[N+](=O)[O-]. The van der Waals surface area contributed by atoms with Crippen LogP contribution in [0.5, 0.6) is 0 Å². The third kappa shape index (κ3) is 5.23. The summed E-state index contributed by atoms with van der Waals surface area (Å²) in [5.41, 5.74) is 0.284. The van der Waals surface area contributed by atoms with Crippen LogP contribution in [0, 0.1) is 10.1 Å². The zero-order valence-corrected chi connectivity index (χ0v) is 16.8. The first kappa shape index (κ1) is 21.0. The minimum Gasteiger partial charge on any atom is -0.336 e. The van der Waals surface area contributed by atoms with Crippen molar-refractivity contribution in [2.24, 2.45) is 0 Å². The topological polar surface area (TPSA) is 95.8 Å². The number of nitro groups is 1. The van der Waals surface area contributed by atoms with Crippen LogP contribution in [0.4, 0.5) is 11.4 Å². The number of halogens is 2. The molecule has 0 atom stereocenters. The van der Waals surface area contributed by atoms with Gasteiger partial charge in [0.05, 0.1) is 22.1 Å². The van der Waals surface area contributed by atoms with E-state index in [9.17, 15) is 19.7 Å². The maximum atomic E-state index is 12.6. The summed E-state index contributed by atoms with van der Waals surface area (Å²) in [5.74, 6) is -0.532. The monoisotopic (exact) mass is 436 g/mol. The molecule has 1 fully saturated rings. The number of amides is 2. The lowest BCUT2D eigenvalue weighted by molar-refractivity contribution is -0.383. The summed E-state index contributed by atoms with van der Waals surface area (Å²) in [5, 5.41) is 14.3. The first-order valence-corrected chi connectivity index (χ1v) is 9.60. The Kier molecular flexibility index (Phi) is 6.68. The normalized spacial score (nSPS) is 14.5. The standard InChI is InChI=1S/C19H18Cl2N4O4/c20-13-5-6-17(25(28)29)16(11-13)22-18(26)12-23-7-9-24(10-8-23)19(27)14-3-1-2-4-15(14)21/h1-6,11H,7-10,12H2,(H,22,26). The molecule has 2 amide bonds. The van der Waals surface area contributed by atoms with Gasteiger partial charge < -0.3 is 10.2 Å². The maximum absolute atomic E-state index is 12.6. The van der Waals surface area contributed by atoms with E-state index in [-0.39, 0.29) is 34.8 Å². The number of anilines is 1. The lowest BCUT2D eigenvalue weighted by Gasteiger charge is -2.34. The van der Waals surface area contributed by atoms with Gasteiger partial charge in [0.15, 0.2) is 0 Å². The first-order chi connectivity index (χ1) is 13.8. The Bertz CT molecular complexity index is 946. The molecule has 8 nitrogen and oxygen atoms in total. The number of hydrogen-bond acceptors (Lipinski definition) is 5. The van der Waals surface area contributed by atoms with Crippen LogP contribution in [-0.2, 0) is 4.79 Å². The van der Waals surface area contributed by atoms with Gasteiger partial charge in [-0.3, -0.25) is 24.6 Å². The van der Waals surface area contributed by atoms with Crippen molar-refractivity contribution in [3.63, 3.8) is 0 Å². The number of carbonyl (C=O) groups is 2. The van der Waals surface area contributed by atoms with Crippen molar-refractivity contribution < 1.29 is 14.5 Å². The Balaban J connectivity index is 1.55. The van der Waals surface area contributed by atoms with Crippen LogP contribution in [0.15, 0.2) is 42.5 Å². The molecule has 0 spiro atoms. The van der Waals surface area contributed by atoms with Gasteiger partial charge >= 0.3 is 0 Å². The number of nitro benzene ring substituents is 1. The minimum atomic E-state index is -0.578. The predicted octanol–water partition coefficient (Wildman–Crippen LogP) is 3.30. The second-order valence-corrected chi connectivity index (χ2v) is 7.36. The van der Waals surface area contributed by atoms with Crippen LogP contribution < -0.4 is 5.32 Å². The van der Waals surface area contributed by atoms with Crippen molar-refractivity contribution >= 4 is 46.4 Å². The lowest BCUT2D eigenvalue weighted by Crippen LogP contribution is -2.50. The highest BCUT2D eigenvalue weighted by molar-refractivity contribution is 6.33. The van der Waals surface area contributed by atoms with Crippen LogP contribution in [0.2, 0.25) is 10.0 Å². The summed E-state index contributed by atoms with van der Waals surface area (Å²) in [6.07, 6.45) is 0. The van der Waals surface area contributed by atoms with Crippen LogP contribution in [0.25, 0.3) is 0 Å². The molecule has 3 rings (SSSR count). The van der Waals surface area contributed by atoms with Gasteiger partial charge in [0.25, 0.3) is 11.6 Å². The van der Waals surface area contributed by atoms with E-state index in [1.165, 1.54) is 18.2 Å². The fourth-order valence-corrected chi connectivity index (χ4v) is 3.46. The number of nitrogens with one attached hydrogen (secondary N) is 1. The van der Waals surface area contributed by atoms with Gasteiger partial charge in [-0.25, -0.2) is 0 Å². The number of rotatable bonds is 5. The van der Waals surface area contributed by atoms with Gasteiger partial charge in [0, 0.05) is 37.3 Å². The van der Waals surface area contributed by atoms with E-state index >= 15 is 0 Å². The molecule has 0 saturated carbocycles. The van der Waals surface area contributed by atoms with Crippen molar-refractivity contribution in [1.82, 2.24) is 9.80 Å². The van der Waals surface area contributed by atoms with Crippen LogP contribution >= 0.6 is 23.2 Å². The molecule has 1 aliphatic rings. The Hall–Kier alpha value is -2.68. The molecule has 2 aromatic rings. The van der Waals surface area contributed by atoms with Gasteiger partial charge in [-0.1, -0.05) is 35.3 Å². The molecule has 0 bridgehead atoms. The van der Waals surface area contributed by atoms with Gasteiger partial charge in [0.1, 0.15) is 5.69 Å². The van der Waals surface area contributed by atoms with Gasteiger partial charge in [-0.2, -0.15) is 0 Å². The molecule has 29 heavy (non-hydrogen) atoms. The molecule has 0 aromatic heterocycles. The van der Waals surface area contributed by atoms with Crippen molar-refractivity contribution in [3.8, 4) is 0 Å².